The van der Waals surface area contributed by atoms with Crippen LogP contribution in [0.3, 0.4) is 0 Å². The van der Waals surface area contributed by atoms with Gasteiger partial charge >= 0.3 is 5.97 Å². The van der Waals surface area contributed by atoms with Crippen LogP contribution in [0.15, 0.2) is 0 Å². The van der Waals surface area contributed by atoms with Crippen molar-refractivity contribution in [1.29, 1.82) is 0 Å². The van der Waals surface area contributed by atoms with Crippen LogP contribution in [-0.4, -0.2) is 35.4 Å². The van der Waals surface area contributed by atoms with Gasteiger partial charge < -0.3 is 9.84 Å². The summed E-state index contributed by atoms with van der Waals surface area (Å²) in [5.41, 5.74) is -0.920. The summed E-state index contributed by atoms with van der Waals surface area (Å²) in [7, 11) is 0. The number of hydrogen-bond acceptors (Lipinski definition) is 3. The molecule has 19 heavy (non-hydrogen) atoms. The third-order valence-electron chi connectivity index (χ3n) is 3.18. The van der Waals surface area contributed by atoms with Crippen LogP contribution in [0.25, 0.3) is 0 Å². The fourth-order valence-electron chi connectivity index (χ4n) is 2.29. The fourth-order valence-corrected chi connectivity index (χ4v) is 2.29. The number of unbranched alkanes of at least 4 members (excludes halogenated alkanes) is 3. The Hall–Kier alpha value is -0.610. The predicted molar refractivity (Wildman–Crippen MR) is 78.5 cm³/mol. The van der Waals surface area contributed by atoms with Crippen molar-refractivity contribution < 1.29 is 14.6 Å². The Balaban J connectivity index is 4.10. The van der Waals surface area contributed by atoms with Gasteiger partial charge in [0.1, 0.15) is 5.54 Å². The minimum Gasteiger partial charge on any atom is -0.480 e. The highest BCUT2D eigenvalue weighted by Gasteiger charge is 2.35. The average Bonchev–Trinajstić information content (AvgIpc) is 2.27. The maximum Gasteiger partial charge on any atom is 0.323 e. The molecule has 0 aromatic rings. The standard InChI is InChI=1S/C15H31NO3/c1-6-7-8-9-10-19-13(4)11-15(5,14(17)18)16-12(2)3/h12-13,16H,6-11H2,1-5H3,(H,17,18). The zero-order valence-electron chi connectivity index (χ0n) is 13.2. The lowest BCUT2D eigenvalue weighted by Crippen LogP contribution is -2.54. The molecule has 0 heterocycles. The lowest BCUT2D eigenvalue weighted by molar-refractivity contribution is -0.146. The van der Waals surface area contributed by atoms with Crippen molar-refractivity contribution in [1.82, 2.24) is 5.32 Å². The molecule has 0 fully saturated rings. The van der Waals surface area contributed by atoms with Gasteiger partial charge in [-0.25, -0.2) is 0 Å². The molecule has 0 saturated heterocycles. The van der Waals surface area contributed by atoms with E-state index < -0.39 is 11.5 Å². The minimum atomic E-state index is -0.920. The summed E-state index contributed by atoms with van der Waals surface area (Å²) in [6.07, 6.45) is 5.12. The molecule has 4 heteroatoms. The van der Waals surface area contributed by atoms with Gasteiger partial charge in [-0.05, 0) is 34.1 Å². The lowest BCUT2D eigenvalue weighted by atomic mass is 9.94. The maximum absolute atomic E-state index is 11.4. The van der Waals surface area contributed by atoms with Gasteiger partial charge in [0.25, 0.3) is 0 Å². The Morgan fingerprint density at radius 1 is 1.26 bits per heavy atom. The second-order valence-electron chi connectivity index (χ2n) is 5.88. The third kappa shape index (κ3) is 8.22. The van der Waals surface area contributed by atoms with Crippen LogP contribution in [0.1, 0.15) is 66.7 Å². The molecule has 0 rings (SSSR count). The molecule has 0 bridgehead atoms. The van der Waals surface area contributed by atoms with Crippen LogP contribution in [0.2, 0.25) is 0 Å². The first-order valence-electron chi connectivity index (χ1n) is 7.44. The summed E-state index contributed by atoms with van der Waals surface area (Å²) in [6.45, 7) is 10.5. The van der Waals surface area contributed by atoms with Crippen LogP contribution in [-0.2, 0) is 9.53 Å². The smallest absolute Gasteiger partial charge is 0.323 e. The molecule has 0 amide bonds. The van der Waals surface area contributed by atoms with Crippen molar-refractivity contribution in [3.63, 3.8) is 0 Å². The van der Waals surface area contributed by atoms with Crippen LogP contribution in [0.4, 0.5) is 0 Å². The number of aliphatic carboxylic acids is 1. The largest absolute Gasteiger partial charge is 0.480 e. The van der Waals surface area contributed by atoms with Crippen LogP contribution in [0.5, 0.6) is 0 Å². The first-order chi connectivity index (χ1) is 8.81. The van der Waals surface area contributed by atoms with Crippen molar-refractivity contribution >= 4 is 5.97 Å². The molecule has 0 spiro atoms. The van der Waals surface area contributed by atoms with Crippen molar-refractivity contribution in [3.05, 3.63) is 0 Å². The molecule has 2 N–H and O–H groups in total. The summed E-state index contributed by atoms with van der Waals surface area (Å²) in [6, 6.07) is 0.137. The van der Waals surface area contributed by atoms with Gasteiger partial charge in [0.15, 0.2) is 0 Å². The van der Waals surface area contributed by atoms with Crippen molar-refractivity contribution in [2.75, 3.05) is 6.61 Å². The summed E-state index contributed by atoms with van der Waals surface area (Å²) in [4.78, 5) is 11.4. The summed E-state index contributed by atoms with van der Waals surface area (Å²) in [5, 5.41) is 12.5. The molecule has 0 aliphatic rings. The predicted octanol–water partition coefficient (Wildman–Crippen LogP) is 3.20. The number of carboxylic acids is 1. The average molecular weight is 273 g/mol. The second kappa shape index (κ2) is 9.32. The molecular weight excluding hydrogens is 242 g/mol. The molecule has 0 aromatic carbocycles. The zero-order chi connectivity index (χ0) is 14.9. The fraction of sp³-hybridized carbons (Fsp3) is 0.933. The first kappa shape index (κ1) is 18.4. The summed E-state index contributed by atoms with van der Waals surface area (Å²) >= 11 is 0. The topological polar surface area (TPSA) is 58.6 Å². The van der Waals surface area contributed by atoms with E-state index in [-0.39, 0.29) is 12.1 Å². The zero-order valence-corrected chi connectivity index (χ0v) is 13.2. The Morgan fingerprint density at radius 3 is 2.37 bits per heavy atom. The molecular formula is C15H31NO3. The number of carbonyl (C=O) groups is 1. The van der Waals surface area contributed by atoms with E-state index in [9.17, 15) is 9.90 Å². The normalized spacial score (nSPS) is 16.3. The van der Waals surface area contributed by atoms with Gasteiger partial charge in [-0.2, -0.15) is 0 Å². The molecule has 114 valence electrons. The van der Waals surface area contributed by atoms with E-state index in [0.717, 1.165) is 13.0 Å². The quantitative estimate of drug-likeness (QED) is 0.568. The minimum absolute atomic E-state index is 0.0472. The van der Waals surface area contributed by atoms with Crippen LogP contribution >= 0.6 is 0 Å². The highest BCUT2D eigenvalue weighted by Crippen LogP contribution is 2.16. The third-order valence-corrected chi connectivity index (χ3v) is 3.18. The SMILES string of the molecule is CCCCCCOC(C)CC(C)(NC(C)C)C(=O)O. The van der Waals surface area contributed by atoms with Crippen molar-refractivity contribution in [3.8, 4) is 0 Å². The summed E-state index contributed by atoms with van der Waals surface area (Å²) in [5.74, 6) is -0.817. The number of ether oxygens (including phenoxy) is 1. The molecule has 0 aliphatic heterocycles. The Labute approximate surface area is 117 Å². The van der Waals surface area contributed by atoms with E-state index in [1.807, 2.05) is 20.8 Å². The van der Waals surface area contributed by atoms with Gasteiger partial charge in [0.05, 0.1) is 6.10 Å². The monoisotopic (exact) mass is 273 g/mol. The number of hydrogen-bond donors (Lipinski definition) is 2. The first-order valence-corrected chi connectivity index (χ1v) is 7.44. The molecule has 0 radical (unpaired) electrons. The highest BCUT2D eigenvalue weighted by molar-refractivity contribution is 5.78. The van der Waals surface area contributed by atoms with E-state index >= 15 is 0 Å². The van der Waals surface area contributed by atoms with Crippen molar-refractivity contribution in [2.24, 2.45) is 0 Å². The number of nitrogens with one attached hydrogen (secondary N) is 1. The summed E-state index contributed by atoms with van der Waals surface area (Å²) < 4.78 is 5.71. The van der Waals surface area contributed by atoms with Crippen molar-refractivity contribution in [2.45, 2.75) is 84.4 Å². The van der Waals surface area contributed by atoms with Gasteiger partial charge in [-0.15, -0.1) is 0 Å². The number of rotatable bonds is 11. The Bertz CT molecular complexity index is 256. The van der Waals surface area contributed by atoms with E-state index in [2.05, 4.69) is 12.2 Å². The Morgan fingerprint density at radius 2 is 1.89 bits per heavy atom. The van der Waals surface area contributed by atoms with Gasteiger partial charge in [-0.3, -0.25) is 10.1 Å². The lowest BCUT2D eigenvalue weighted by Gasteiger charge is -2.31. The van der Waals surface area contributed by atoms with Gasteiger partial charge in [-0.1, -0.05) is 26.2 Å². The van der Waals surface area contributed by atoms with Crippen LogP contribution in [0, 0.1) is 0 Å². The molecule has 2 unspecified atom stereocenters. The van der Waals surface area contributed by atoms with E-state index in [1.165, 1.54) is 19.3 Å². The number of carboxylic acid groups (broad SMARTS) is 1. The maximum atomic E-state index is 11.4. The second-order valence-corrected chi connectivity index (χ2v) is 5.88. The highest BCUT2D eigenvalue weighted by atomic mass is 16.5. The van der Waals surface area contributed by atoms with Crippen LogP contribution < -0.4 is 5.32 Å². The van der Waals surface area contributed by atoms with Gasteiger partial charge in [0.2, 0.25) is 0 Å². The van der Waals surface area contributed by atoms with E-state index in [1.54, 1.807) is 6.92 Å². The van der Waals surface area contributed by atoms with E-state index in [4.69, 9.17) is 4.74 Å². The molecule has 4 nitrogen and oxygen atoms in total. The molecule has 2 atom stereocenters. The molecule has 0 aliphatic carbocycles. The van der Waals surface area contributed by atoms with Gasteiger partial charge in [0, 0.05) is 19.1 Å². The molecule has 0 saturated carbocycles. The Kier molecular flexibility index (Phi) is 9.02. The van der Waals surface area contributed by atoms with E-state index in [0.29, 0.717) is 6.42 Å². The molecule has 0 aromatic heterocycles.